The summed E-state index contributed by atoms with van der Waals surface area (Å²) in [5.41, 5.74) is 3.48. The molecule has 4 nitrogen and oxygen atoms in total. The SMILES string of the molecule is Cn1cnc(-c2cn(C)c3ccccc23)c1C#N. The van der Waals surface area contributed by atoms with E-state index in [0.717, 1.165) is 22.2 Å². The van der Waals surface area contributed by atoms with Crippen LogP contribution in [0.5, 0.6) is 0 Å². The van der Waals surface area contributed by atoms with Gasteiger partial charge in [-0.25, -0.2) is 4.98 Å². The molecule has 0 spiro atoms. The number of aryl methyl sites for hydroxylation is 2. The minimum Gasteiger partial charge on any atom is -0.350 e. The van der Waals surface area contributed by atoms with E-state index in [0.29, 0.717) is 5.69 Å². The second kappa shape index (κ2) is 3.74. The van der Waals surface area contributed by atoms with E-state index < -0.39 is 0 Å². The molecule has 0 fully saturated rings. The van der Waals surface area contributed by atoms with Crippen molar-refractivity contribution >= 4 is 10.9 Å². The molecular formula is C14H12N4. The van der Waals surface area contributed by atoms with Crippen LogP contribution >= 0.6 is 0 Å². The summed E-state index contributed by atoms with van der Waals surface area (Å²) in [5.74, 6) is 0. The largest absolute Gasteiger partial charge is 0.350 e. The molecule has 88 valence electrons. The molecule has 2 aromatic heterocycles. The van der Waals surface area contributed by atoms with Gasteiger partial charge in [-0.1, -0.05) is 18.2 Å². The maximum Gasteiger partial charge on any atom is 0.147 e. The van der Waals surface area contributed by atoms with Gasteiger partial charge in [0.05, 0.1) is 6.33 Å². The number of imidazole rings is 1. The van der Waals surface area contributed by atoms with Crippen molar-refractivity contribution in [1.82, 2.24) is 14.1 Å². The van der Waals surface area contributed by atoms with Crippen LogP contribution in [0.1, 0.15) is 5.69 Å². The first-order valence-electron chi connectivity index (χ1n) is 5.68. The summed E-state index contributed by atoms with van der Waals surface area (Å²) in [6.45, 7) is 0. The smallest absolute Gasteiger partial charge is 0.147 e. The summed E-state index contributed by atoms with van der Waals surface area (Å²) in [7, 11) is 3.83. The van der Waals surface area contributed by atoms with E-state index in [1.165, 1.54) is 0 Å². The van der Waals surface area contributed by atoms with E-state index in [2.05, 4.69) is 27.8 Å². The Morgan fingerprint density at radius 2 is 1.94 bits per heavy atom. The Balaban J connectivity index is 2.36. The minimum atomic E-state index is 0.589. The van der Waals surface area contributed by atoms with Crippen LogP contribution in [0.3, 0.4) is 0 Å². The first-order chi connectivity index (χ1) is 8.72. The first-order valence-corrected chi connectivity index (χ1v) is 5.68. The second-order valence-corrected chi connectivity index (χ2v) is 4.34. The van der Waals surface area contributed by atoms with Crippen molar-refractivity contribution in [3.8, 4) is 17.3 Å². The zero-order chi connectivity index (χ0) is 12.7. The van der Waals surface area contributed by atoms with Crippen LogP contribution in [-0.2, 0) is 14.1 Å². The molecule has 0 aliphatic heterocycles. The highest BCUT2D eigenvalue weighted by Gasteiger charge is 2.15. The molecular weight excluding hydrogens is 224 g/mol. The Hall–Kier alpha value is -2.54. The molecule has 18 heavy (non-hydrogen) atoms. The number of hydrogen-bond acceptors (Lipinski definition) is 2. The molecule has 4 heteroatoms. The fourth-order valence-electron chi connectivity index (χ4n) is 2.29. The van der Waals surface area contributed by atoms with Gasteiger partial charge >= 0.3 is 0 Å². The molecule has 1 aromatic carbocycles. The average Bonchev–Trinajstić information content (AvgIpc) is 2.91. The third kappa shape index (κ3) is 1.34. The molecule has 0 bridgehead atoms. The maximum atomic E-state index is 9.21. The summed E-state index contributed by atoms with van der Waals surface area (Å²) >= 11 is 0. The highest BCUT2D eigenvalue weighted by Crippen LogP contribution is 2.30. The highest BCUT2D eigenvalue weighted by atomic mass is 15.0. The van der Waals surface area contributed by atoms with Crippen molar-refractivity contribution in [2.24, 2.45) is 14.1 Å². The Kier molecular flexibility index (Phi) is 2.20. The zero-order valence-corrected chi connectivity index (χ0v) is 10.3. The topological polar surface area (TPSA) is 46.5 Å². The van der Waals surface area contributed by atoms with E-state index in [-0.39, 0.29) is 0 Å². The Morgan fingerprint density at radius 1 is 1.17 bits per heavy atom. The standard InChI is InChI=1S/C14H12N4/c1-17-8-11(10-5-3-4-6-12(10)17)14-13(7-15)18(2)9-16-14/h3-6,8-9H,1-2H3. The van der Waals surface area contributed by atoms with E-state index >= 15 is 0 Å². The predicted molar refractivity (Wildman–Crippen MR) is 69.8 cm³/mol. The van der Waals surface area contributed by atoms with Crippen LogP contribution in [0, 0.1) is 11.3 Å². The lowest BCUT2D eigenvalue weighted by molar-refractivity contribution is 0.897. The van der Waals surface area contributed by atoms with Crippen molar-refractivity contribution in [3.05, 3.63) is 42.5 Å². The van der Waals surface area contributed by atoms with E-state index in [4.69, 9.17) is 0 Å². The van der Waals surface area contributed by atoms with Gasteiger partial charge in [-0.05, 0) is 6.07 Å². The van der Waals surface area contributed by atoms with Gasteiger partial charge in [0, 0.05) is 36.8 Å². The molecule has 2 heterocycles. The van der Waals surface area contributed by atoms with Gasteiger partial charge in [0.25, 0.3) is 0 Å². The molecule has 0 unspecified atom stereocenters. The molecule has 0 radical (unpaired) electrons. The van der Waals surface area contributed by atoms with E-state index in [1.54, 1.807) is 10.9 Å². The van der Waals surface area contributed by atoms with Crippen molar-refractivity contribution in [3.63, 3.8) is 0 Å². The van der Waals surface area contributed by atoms with Gasteiger partial charge in [0.1, 0.15) is 17.5 Å². The lowest BCUT2D eigenvalue weighted by atomic mass is 10.1. The third-order valence-corrected chi connectivity index (χ3v) is 3.20. The molecule has 0 amide bonds. The molecule has 0 N–H and O–H groups in total. The quantitative estimate of drug-likeness (QED) is 0.651. The lowest BCUT2D eigenvalue weighted by Gasteiger charge is -1.96. The molecule has 0 saturated carbocycles. The molecule has 0 atom stereocenters. The number of para-hydroxylation sites is 1. The maximum absolute atomic E-state index is 9.21. The van der Waals surface area contributed by atoms with Crippen LogP contribution in [0.15, 0.2) is 36.8 Å². The first kappa shape index (κ1) is 10.6. The summed E-state index contributed by atoms with van der Waals surface area (Å²) in [5, 5.41) is 10.3. The summed E-state index contributed by atoms with van der Waals surface area (Å²) in [6, 6.07) is 10.3. The molecule has 3 aromatic rings. The van der Waals surface area contributed by atoms with Crippen molar-refractivity contribution in [1.29, 1.82) is 5.26 Å². The number of nitriles is 1. The summed E-state index contributed by atoms with van der Waals surface area (Å²) < 4.78 is 3.80. The van der Waals surface area contributed by atoms with Crippen LogP contribution in [0.2, 0.25) is 0 Å². The molecule has 0 aliphatic rings. The number of aromatic nitrogens is 3. The highest BCUT2D eigenvalue weighted by molar-refractivity contribution is 5.96. The Morgan fingerprint density at radius 3 is 2.72 bits per heavy atom. The summed E-state index contributed by atoms with van der Waals surface area (Å²) in [6.07, 6.45) is 3.70. The number of benzene rings is 1. The normalized spacial score (nSPS) is 10.7. The van der Waals surface area contributed by atoms with Crippen LogP contribution in [0.4, 0.5) is 0 Å². The fraction of sp³-hybridized carbons (Fsp3) is 0.143. The average molecular weight is 236 g/mol. The third-order valence-electron chi connectivity index (χ3n) is 3.20. The van der Waals surface area contributed by atoms with Gasteiger partial charge in [0.15, 0.2) is 0 Å². The number of rotatable bonds is 1. The Labute approximate surface area is 105 Å². The van der Waals surface area contributed by atoms with Crippen LogP contribution in [0.25, 0.3) is 22.2 Å². The van der Waals surface area contributed by atoms with Crippen molar-refractivity contribution < 1.29 is 0 Å². The van der Waals surface area contributed by atoms with Gasteiger partial charge < -0.3 is 9.13 Å². The second-order valence-electron chi connectivity index (χ2n) is 4.34. The van der Waals surface area contributed by atoms with Gasteiger partial charge in [-0.2, -0.15) is 5.26 Å². The van der Waals surface area contributed by atoms with Crippen LogP contribution < -0.4 is 0 Å². The van der Waals surface area contributed by atoms with Crippen molar-refractivity contribution in [2.45, 2.75) is 0 Å². The number of hydrogen-bond donors (Lipinski definition) is 0. The van der Waals surface area contributed by atoms with E-state index in [9.17, 15) is 5.26 Å². The van der Waals surface area contributed by atoms with Crippen molar-refractivity contribution in [2.75, 3.05) is 0 Å². The predicted octanol–water partition coefficient (Wildman–Crippen LogP) is 2.45. The van der Waals surface area contributed by atoms with Gasteiger partial charge in [0.2, 0.25) is 0 Å². The molecule has 3 rings (SSSR count). The van der Waals surface area contributed by atoms with Gasteiger partial charge in [-0.15, -0.1) is 0 Å². The number of fused-ring (bicyclic) bond motifs is 1. The monoisotopic (exact) mass is 236 g/mol. The molecule has 0 aliphatic carbocycles. The summed E-state index contributed by atoms with van der Waals surface area (Å²) in [4.78, 5) is 4.35. The molecule has 0 saturated heterocycles. The lowest BCUT2D eigenvalue weighted by Crippen LogP contribution is -1.90. The van der Waals surface area contributed by atoms with Crippen LogP contribution in [-0.4, -0.2) is 14.1 Å². The fourth-order valence-corrected chi connectivity index (χ4v) is 2.29. The van der Waals surface area contributed by atoms with E-state index in [1.807, 2.05) is 32.4 Å². The minimum absolute atomic E-state index is 0.589. The Bertz CT molecular complexity index is 771. The number of nitrogens with zero attached hydrogens (tertiary/aromatic N) is 4. The van der Waals surface area contributed by atoms with Gasteiger partial charge in [-0.3, -0.25) is 0 Å². The zero-order valence-electron chi connectivity index (χ0n) is 10.3.